The normalized spacial score (nSPS) is 15.1. The van der Waals surface area contributed by atoms with Gasteiger partial charge in [0.2, 0.25) is 0 Å². The average Bonchev–Trinajstić information content (AvgIpc) is 2.54. The summed E-state index contributed by atoms with van der Waals surface area (Å²) in [7, 11) is 0. The van der Waals surface area contributed by atoms with E-state index >= 15 is 0 Å². The van der Waals surface area contributed by atoms with Crippen molar-refractivity contribution in [1.82, 2.24) is 10.3 Å². The summed E-state index contributed by atoms with van der Waals surface area (Å²) >= 11 is 3.34. The Kier molecular flexibility index (Phi) is 6.36. The number of hydrogen-bond acceptors (Lipinski definition) is 6. The van der Waals surface area contributed by atoms with Crippen LogP contribution in [-0.4, -0.2) is 30.1 Å². The highest BCUT2D eigenvalue weighted by Crippen LogP contribution is 2.38. The van der Waals surface area contributed by atoms with Crippen molar-refractivity contribution < 1.29 is 19.1 Å². The number of pyridine rings is 1. The Morgan fingerprint density at radius 3 is 2.04 bits per heavy atom. The van der Waals surface area contributed by atoms with E-state index in [0.29, 0.717) is 32.8 Å². The van der Waals surface area contributed by atoms with E-state index < -0.39 is 17.9 Å². The first-order valence-electron chi connectivity index (χ1n) is 8.05. The zero-order valence-electron chi connectivity index (χ0n) is 14.7. The van der Waals surface area contributed by atoms with Crippen LogP contribution in [0.4, 0.5) is 0 Å². The van der Waals surface area contributed by atoms with E-state index in [0.717, 1.165) is 0 Å². The molecular formula is C18H21BrN2O4. The Morgan fingerprint density at radius 1 is 1.08 bits per heavy atom. The fourth-order valence-electron chi connectivity index (χ4n) is 2.83. The molecule has 2 heterocycles. The van der Waals surface area contributed by atoms with E-state index in [-0.39, 0.29) is 13.2 Å². The highest BCUT2D eigenvalue weighted by atomic mass is 79.9. The minimum Gasteiger partial charge on any atom is -0.463 e. The maximum atomic E-state index is 12.6. The summed E-state index contributed by atoms with van der Waals surface area (Å²) in [6, 6.07) is 5.37. The number of nitrogens with one attached hydrogen (secondary N) is 1. The minimum absolute atomic E-state index is 0.242. The molecule has 1 aromatic rings. The Morgan fingerprint density at radius 2 is 1.60 bits per heavy atom. The summed E-state index contributed by atoms with van der Waals surface area (Å²) in [6.07, 6.45) is 0. The number of esters is 2. The van der Waals surface area contributed by atoms with Crippen LogP contribution in [0.2, 0.25) is 0 Å². The van der Waals surface area contributed by atoms with Crippen molar-refractivity contribution >= 4 is 27.9 Å². The lowest BCUT2D eigenvalue weighted by Gasteiger charge is -2.29. The molecule has 0 aliphatic carbocycles. The molecule has 25 heavy (non-hydrogen) atoms. The van der Waals surface area contributed by atoms with E-state index in [2.05, 4.69) is 26.2 Å². The van der Waals surface area contributed by atoms with Crippen LogP contribution in [0, 0.1) is 0 Å². The molecule has 0 atom stereocenters. The number of aromatic nitrogens is 1. The fourth-order valence-corrected chi connectivity index (χ4v) is 3.19. The van der Waals surface area contributed by atoms with E-state index in [9.17, 15) is 9.59 Å². The highest BCUT2D eigenvalue weighted by Gasteiger charge is 2.38. The molecule has 1 aliphatic heterocycles. The van der Waals surface area contributed by atoms with Crippen molar-refractivity contribution in [3.63, 3.8) is 0 Å². The summed E-state index contributed by atoms with van der Waals surface area (Å²) in [6.45, 7) is 7.52. The summed E-state index contributed by atoms with van der Waals surface area (Å²) in [5.41, 5.74) is 2.56. The third-order valence-corrected chi connectivity index (χ3v) is 4.23. The number of nitrogens with zero attached hydrogens (tertiary/aromatic N) is 1. The number of ether oxygens (including phenoxy) is 2. The van der Waals surface area contributed by atoms with Gasteiger partial charge in [0, 0.05) is 11.4 Å². The minimum atomic E-state index is -0.656. The summed E-state index contributed by atoms with van der Waals surface area (Å²) in [5.74, 6) is -1.61. The van der Waals surface area contributed by atoms with Crippen molar-refractivity contribution in [3.8, 4) is 0 Å². The second-order valence-electron chi connectivity index (χ2n) is 5.46. The van der Waals surface area contributed by atoms with Crippen LogP contribution in [0.15, 0.2) is 45.3 Å². The molecule has 1 N–H and O–H groups in total. The highest BCUT2D eigenvalue weighted by molar-refractivity contribution is 9.10. The topological polar surface area (TPSA) is 77.5 Å². The van der Waals surface area contributed by atoms with Gasteiger partial charge in [-0.25, -0.2) is 14.6 Å². The molecule has 0 amide bonds. The van der Waals surface area contributed by atoms with Gasteiger partial charge in [0.05, 0.1) is 36.0 Å². The second kappa shape index (κ2) is 8.29. The van der Waals surface area contributed by atoms with Crippen LogP contribution in [0.25, 0.3) is 0 Å². The molecule has 2 rings (SSSR count). The third kappa shape index (κ3) is 4.10. The number of halogens is 1. The molecule has 134 valence electrons. The van der Waals surface area contributed by atoms with Gasteiger partial charge in [-0.1, -0.05) is 6.07 Å². The van der Waals surface area contributed by atoms with Crippen molar-refractivity contribution in [2.75, 3.05) is 13.2 Å². The van der Waals surface area contributed by atoms with Gasteiger partial charge in [0.1, 0.15) is 4.60 Å². The molecule has 0 aromatic carbocycles. The standard InChI is InChI=1S/C18H21BrN2O4/c1-5-24-17(22)14-10(3)20-11(4)15(18(23)25-6-2)16(14)12-8-7-9-13(19)21-12/h7-9,16,20H,5-6H2,1-4H3. The van der Waals surface area contributed by atoms with Gasteiger partial charge in [-0.15, -0.1) is 0 Å². The lowest BCUT2D eigenvalue weighted by molar-refractivity contribution is -0.139. The molecule has 0 radical (unpaired) electrons. The van der Waals surface area contributed by atoms with Crippen LogP contribution in [0.1, 0.15) is 39.3 Å². The predicted molar refractivity (Wildman–Crippen MR) is 96.5 cm³/mol. The number of rotatable bonds is 5. The Bertz CT molecular complexity index is 715. The lowest BCUT2D eigenvalue weighted by Crippen LogP contribution is -2.33. The molecule has 0 fully saturated rings. The summed E-state index contributed by atoms with van der Waals surface area (Å²) in [5, 5.41) is 3.09. The maximum absolute atomic E-state index is 12.6. The molecule has 0 spiro atoms. The molecule has 0 bridgehead atoms. The van der Waals surface area contributed by atoms with Crippen LogP contribution in [0.3, 0.4) is 0 Å². The van der Waals surface area contributed by atoms with E-state index in [1.54, 1.807) is 39.8 Å². The van der Waals surface area contributed by atoms with Gasteiger partial charge in [-0.3, -0.25) is 0 Å². The van der Waals surface area contributed by atoms with Crippen molar-refractivity contribution in [2.24, 2.45) is 0 Å². The first kappa shape index (κ1) is 19.2. The van der Waals surface area contributed by atoms with E-state index in [1.165, 1.54) is 0 Å². The number of carbonyl (C=O) groups excluding carboxylic acids is 2. The Hall–Kier alpha value is -2.15. The smallest absolute Gasteiger partial charge is 0.336 e. The van der Waals surface area contributed by atoms with Gasteiger partial charge in [0.15, 0.2) is 0 Å². The molecule has 1 aromatic heterocycles. The SMILES string of the molecule is CCOC(=O)C1=C(C)NC(C)=C(C(=O)OCC)C1c1cccc(Br)n1. The Balaban J connectivity index is 2.64. The van der Waals surface area contributed by atoms with Crippen LogP contribution in [0.5, 0.6) is 0 Å². The summed E-state index contributed by atoms with van der Waals surface area (Å²) < 4.78 is 11.0. The number of hydrogen-bond donors (Lipinski definition) is 1. The monoisotopic (exact) mass is 408 g/mol. The van der Waals surface area contributed by atoms with Crippen molar-refractivity contribution in [1.29, 1.82) is 0 Å². The van der Waals surface area contributed by atoms with E-state index in [4.69, 9.17) is 9.47 Å². The number of carbonyl (C=O) groups is 2. The first-order chi connectivity index (χ1) is 11.9. The summed E-state index contributed by atoms with van der Waals surface area (Å²) in [4.78, 5) is 29.6. The first-order valence-corrected chi connectivity index (χ1v) is 8.85. The van der Waals surface area contributed by atoms with Crippen LogP contribution in [-0.2, 0) is 19.1 Å². The molecular weight excluding hydrogens is 388 g/mol. The zero-order valence-corrected chi connectivity index (χ0v) is 16.3. The molecule has 1 aliphatic rings. The van der Waals surface area contributed by atoms with Gasteiger partial charge in [-0.05, 0) is 55.8 Å². The van der Waals surface area contributed by atoms with Gasteiger partial charge >= 0.3 is 11.9 Å². The molecule has 6 nitrogen and oxygen atoms in total. The van der Waals surface area contributed by atoms with Gasteiger partial charge < -0.3 is 14.8 Å². The quantitative estimate of drug-likeness (QED) is 0.595. The van der Waals surface area contributed by atoms with E-state index in [1.807, 2.05) is 6.07 Å². The molecule has 0 saturated carbocycles. The molecule has 7 heteroatoms. The fraction of sp³-hybridized carbons (Fsp3) is 0.389. The predicted octanol–water partition coefficient (Wildman–Crippen LogP) is 3.21. The number of dihydropyridines is 1. The zero-order chi connectivity index (χ0) is 18.6. The van der Waals surface area contributed by atoms with Crippen LogP contribution < -0.4 is 5.32 Å². The second-order valence-corrected chi connectivity index (χ2v) is 6.27. The van der Waals surface area contributed by atoms with Crippen molar-refractivity contribution in [3.05, 3.63) is 51.0 Å². The maximum Gasteiger partial charge on any atom is 0.336 e. The average molecular weight is 409 g/mol. The van der Waals surface area contributed by atoms with Crippen molar-refractivity contribution in [2.45, 2.75) is 33.6 Å². The van der Waals surface area contributed by atoms with Gasteiger partial charge in [-0.2, -0.15) is 0 Å². The number of allylic oxidation sites excluding steroid dienone is 2. The largest absolute Gasteiger partial charge is 0.463 e. The lowest BCUT2D eigenvalue weighted by atomic mass is 9.83. The third-order valence-electron chi connectivity index (χ3n) is 3.78. The van der Waals surface area contributed by atoms with Gasteiger partial charge in [0.25, 0.3) is 0 Å². The Labute approximate surface area is 155 Å². The van der Waals surface area contributed by atoms with Crippen LogP contribution >= 0.6 is 15.9 Å². The molecule has 0 saturated heterocycles. The molecule has 0 unspecified atom stereocenters.